The predicted octanol–water partition coefficient (Wildman–Crippen LogP) is 5.44. The Morgan fingerprint density at radius 3 is 2.14 bits per heavy atom. The van der Waals surface area contributed by atoms with E-state index in [4.69, 9.17) is 0 Å². The van der Waals surface area contributed by atoms with Gasteiger partial charge in [-0.15, -0.1) is 11.3 Å². The van der Waals surface area contributed by atoms with Gasteiger partial charge in [-0.05, 0) is 49.6 Å². The quantitative estimate of drug-likeness (QED) is 0.397. The van der Waals surface area contributed by atoms with E-state index in [1.165, 1.54) is 16.9 Å². The smallest absolute Gasteiger partial charge is 0.190 e. The molecule has 0 radical (unpaired) electrons. The number of ketones is 2. The minimum absolute atomic E-state index is 0.00924. The summed E-state index contributed by atoms with van der Waals surface area (Å²) in [6.45, 7) is 10.2. The van der Waals surface area contributed by atoms with Crippen LogP contribution < -0.4 is 0 Å². The first-order valence-electron chi connectivity index (χ1n) is 8.30. The fraction of sp³-hybridized carbons (Fsp3) is 0.579. The molecule has 1 heterocycles. The summed E-state index contributed by atoms with van der Waals surface area (Å²) >= 11 is 1.44. The summed E-state index contributed by atoms with van der Waals surface area (Å²) in [5, 5.41) is 1.91. The third-order valence-electron chi connectivity index (χ3n) is 5.51. The maximum atomic E-state index is 13.4. The van der Waals surface area contributed by atoms with Crippen LogP contribution in [0.25, 0.3) is 0 Å². The Balaban J connectivity index is 2.71. The highest BCUT2D eigenvalue weighted by molar-refractivity contribution is 7.12. The highest BCUT2D eigenvalue weighted by Crippen LogP contribution is 2.56. The summed E-state index contributed by atoms with van der Waals surface area (Å²) in [4.78, 5) is 27.4. The third kappa shape index (κ3) is 2.05. The summed E-state index contributed by atoms with van der Waals surface area (Å²) in [6.07, 6.45) is 2.94. The lowest BCUT2D eigenvalue weighted by Crippen LogP contribution is -2.42. The van der Waals surface area contributed by atoms with Crippen LogP contribution in [-0.2, 0) is 4.79 Å². The molecule has 22 heavy (non-hydrogen) atoms. The fourth-order valence-corrected chi connectivity index (χ4v) is 4.96. The molecule has 2 rings (SSSR count). The van der Waals surface area contributed by atoms with Gasteiger partial charge in [-0.25, -0.2) is 0 Å². The maximum Gasteiger partial charge on any atom is 0.190 e. The monoisotopic (exact) mass is 318 g/mol. The van der Waals surface area contributed by atoms with Crippen LogP contribution in [0.2, 0.25) is 0 Å². The van der Waals surface area contributed by atoms with E-state index in [0.29, 0.717) is 11.3 Å². The molecule has 0 unspecified atom stereocenters. The van der Waals surface area contributed by atoms with E-state index >= 15 is 0 Å². The first-order valence-corrected chi connectivity index (χ1v) is 9.18. The molecule has 0 saturated heterocycles. The second-order valence-corrected chi connectivity index (χ2v) is 7.19. The van der Waals surface area contributed by atoms with Crippen molar-refractivity contribution in [3.05, 3.63) is 33.5 Å². The van der Waals surface area contributed by atoms with Crippen molar-refractivity contribution in [1.82, 2.24) is 0 Å². The Hall–Kier alpha value is -1.22. The minimum Gasteiger partial charge on any atom is -0.297 e. The van der Waals surface area contributed by atoms with E-state index in [1.54, 1.807) is 0 Å². The summed E-state index contributed by atoms with van der Waals surface area (Å²) < 4.78 is 0. The summed E-state index contributed by atoms with van der Waals surface area (Å²) in [7, 11) is 0. The summed E-state index contributed by atoms with van der Waals surface area (Å²) in [5.41, 5.74) is 0.873. The SMILES string of the molecule is CCC1=C(CC)[C@](CC)(C(=O)c2cccs2)C(=O)[C@@]1(C)CC. The molecule has 0 bridgehead atoms. The van der Waals surface area contributed by atoms with Gasteiger partial charge in [0.05, 0.1) is 4.88 Å². The van der Waals surface area contributed by atoms with E-state index in [0.717, 1.165) is 24.8 Å². The normalized spacial score (nSPS) is 28.5. The van der Waals surface area contributed by atoms with Gasteiger partial charge >= 0.3 is 0 Å². The topological polar surface area (TPSA) is 34.1 Å². The zero-order valence-corrected chi connectivity index (χ0v) is 15.1. The average Bonchev–Trinajstić information content (AvgIpc) is 3.13. The number of thiophene rings is 1. The van der Waals surface area contributed by atoms with Crippen molar-refractivity contribution in [2.75, 3.05) is 0 Å². The average molecular weight is 318 g/mol. The van der Waals surface area contributed by atoms with E-state index in [1.807, 2.05) is 31.4 Å². The largest absolute Gasteiger partial charge is 0.297 e. The number of Topliss-reactive ketones (excluding diaryl/α,β-unsaturated/α-hetero) is 2. The molecule has 2 nitrogen and oxygen atoms in total. The first-order chi connectivity index (χ1) is 10.4. The molecule has 0 aromatic carbocycles. The number of rotatable bonds is 6. The van der Waals surface area contributed by atoms with Gasteiger partial charge in [-0.1, -0.05) is 39.3 Å². The summed E-state index contributed by atoms with van der Waals surface area (Å²) in [5.74, 6) is 0.132. The van der Waals surface area contributed by atoms with Crippen LogP contribution in [0.15, 0.2) is 28.7 Å². The van der Waals surface area contributed by atoms with Crippen LogP contribution in [-0.4, -0.2) is 11.6 Å². The van der Waals surface area contributed by atoms with Crippen molar-refractivity contribution in [1.29, 1.82) is 0 Å². The number of hydrogen-bond acceptors (Lipinski definition) is 3. The van der Waals surface area contributed by atoms with Crippen LogP contribution in [0.4, 0.5) is 0 Å². The van der Waals surface area contributed by atoms with Crippen molar-refractivity contribution in [3.8, 4) is 0 Å². The predicted molar refractivity (Wildman–Crippen MR) is 92.4 cm³/mol. The molecule has 1 aromatic heterocycles. The van der Waals surface area contributed by atoms with Gasteiger partial charge < -0.3 is 0 Å². The van der Waals surface area contributed by atoms with Crippen molar-refractivity contribution in [2.24, 2.45) is 10.8 Å². The Bertz CT molecular complexity index is 611. The molecule has 1 aromatic rings. The molecule has 0 aliphatic heterocycles. The Kier molecular flexibility index (Phi) is 4.76. The van der Waals surface area contributed by atoms with Crippen molar-refractivity contribution >= 4 is 22.9 Å². The molecule has 0 saturated carbocycles. The van der Waals surface area contributed by atoms with Crippen molar-refractivity contribution in [2.45, 2.75) is 60.3 Å². The Morgan fingerprint density at radius 1 is 1.09 bits per heavy atom. The molecule has 1 aliphatic carbocycles. The summed E-state index contributed by atoms with van der Waals surface area (Å²) in [6, 6.07) is 3.73. The molecule has 0 fully saturated rings. The number of allylic oxidation sites excluding steroid dienone is 2. The standard InChI is InChI=1S/C19H26O2S/c1-6-13-14(7-2)19(9-4,17(21)18(13,5)8-3)16(20)15-11-10-12-22-15/h10-12H,6-9H2,1-5H3/t18-,19+/m0/s1. The van der Waals surface area contributed by atoms with Crippen LogP contribution in [0, 0.1) is 10.8 Å². The molecule has 0 amide bonds. The van der Waals surface area contributed by atoms with E-state index < -0.39 is 10.8 Å². The van der Waals surface area contributed by atoms with Gasteiger partial charge in [0.1, 0.15) is 5.41 Å². The number of carbonyl (C=O) groups excluding carboxylic acids is 2. The number of hydrogen-bond donors (Lipinski definition) is 0. The molecular weight excluding hydrogens is 292 g/mol. The zero-order valence-electron chi connectivity index (χ0n) is 14.3. The van der Waals surface area contributed by atoms with Crippen LogP contribution in [0.5, 0.6) is 0 Å². The minimum atomic E-state index is -0.935. The first kappa shape index (κ1) is 17.1. The van der Waals surface area contributed by atoms with Gasteiger partial charge in [0, 0.05) is 5.41 Å². The molecule has 0 N–H and O–H groups in total. The molecule has 2 atom stereocenters. The zero-order chi connectivity index (χ0) is 16.5. The molecule has 120 valence electrons. The van der Waals surface area contributed by atoms with E-state index in [9.17, 15) is 9.59 Å². The van der Waals surface area contributed by atoms with Gasteiger partial charge in [-0.2, -0.15) is 0 Å². The van der Waals surface area contributed by atoms with Crippen LogP contribution in [0.1, 0.15) is 70.0 Å². The Labute approximate surface area is 137 Å². The van der Waals surface area contributed by atoms with E-state index in [2.05, 4.69) is 20.8 Å². The van der Waals surface area contributed by atoms with Crippen LogP contribution >= 0.6 is 11.3 Å². The van der Waals surface area contributed by atoms with Gasteiger partial charge in [-0.3, -0.25) is 9.59 Å². The molecule has 0 spiro atoms. The molecular formula is C19H26O2S. The second kappa shape index (κ2) is 6.11. The highest BCUT2D eigenvalue weighted by atomic mass is 32.1. The van der Waals surface area contributed by atoms with E-state index in [-0.39, 0.29) is 11.6 Å². The number of carbonyl (C=O) groups is 2. The van der Waals surface area contributed by atoms with Crippen molar-refractivity contribution in [3.63, 3.8) is 0 Å². The van der Waals surface area contributed by atoms with Crippen LogP contribution in [0.3, 0.4) is 0 Å². The highest BCUT2D eigenvalue weighted by Gasteiger charge is 2.60. The Morgan fingerprint density at radius 2 is 1.73 bits per heavy atom. The lowest BCUT2D eigenvalue weighted by molar-refractivity contribution is -0.130. The lowest BCUT2D eigenvalue weighted by Gasteiger charge is -2.31. The van der Waals surface area contributed by atoms with Crippen molar-refractivity contribution < 1.29 is 9.59 Å². The molecule has 3 heteroatoms. The lowest BCUT2D eigenvalue weighted by atomic mass is 9.68. The van der Waals surface area contributed by atoms with Gasteiger partial charge in [0.2, 0.25) is 0 Å². The molecule has 1 aliphatic rings. The third-order valence-corrected chi connectivity index (χ3v) is 6.38. The fourth-order valence-electron chi connectivity index (χ4n) is 4.22. The maximum absolute atomic E-state index is 13.4. The van der Waals surface area contributed by atoms with Gasteiger partial charge in [0.25, 0.3) is 0 Å². The second-order valence-electron chi connectivity index (χ2n) is 6.24. The van der Waals surface area contributed by atoms with Gasteiger partial charge in [0.15, 0.2) is 11.6 Å².